The number of hydrogen-bond donors (Lipinski definition) is 1. The number of amides is 1. The van der Waals surface area contributed by atoms with Gasteiger partial charge in [-0.1, -0.05) is 12.1 Å². The second-order valence-corrected chi connectivity index (χ2v) is 8.37. The van der Waals surface area contributed by atoms with Gasteiger partial charge in [0.25, 0.3) is 0 Å². The molecule has 1 aliphatic heterocycles. The van der Waals surface area contributed by atoms with Gasteiger partial charge in [-0.25, -0.2) is 0 Å². The summed E-state index contributed by atoms with van der Waals surface area (Å²) in [4.78, 5) is 18.7. The van der Waals surface area contributed by atoms with E-state index in [0.717, 1.165) is 24.4 Å². The van der Waals surface area contributed by atoms with Gasteiger partial charge in [-0.15, -0.1) is 0 Å². The number of aromatic amines is 1. The van der Waals surface area contributed by atoms with E-state index in [0.29, 0.717) is 13.0 Å². The first kappa shape index (κ1) is 18.8. The van der Waals surface area contributed by atoms with E-state index in [4.69, 9.17) is 0 Å². The Morgan fingerprint density at radius 2 is 1.93 bits per heavy atom. The minimum Gasteiger partial charge on any atom is -0.358 e. The van der Waals surface area contributed by atoms with E-state index in [9.17, 15) is 4.79 Å². The number of hydrogen-bond acceptors (Lipinski definition) is 2. The molecule has 1 unspecified atom stereocenters. The molecule has 1 atom stereocenters. The number of aryl methyl sites for hydroxylation is 3. The van der Waals surface area contributed by atoms with Gasteiger partial charge in [0.1, 0.15) is 0 Å². The molecule has 148 valence electrons. The highest BCUT2D eigenvalue weighted by Crippen LogP contribution is 2.31. The zero-order chi connectivity index (χ0) is 20.2. The van der Waals surface area contributed by atoms with E-state index >= 15 is 0 Å². The van der Waals surface area contributed by atoms with Crippen molar-refractivity contribution in [2.45, 2.75) is 67.0 Å². The Hall–Kier alpha value is -2.56. The number of benzene rings is 1. The van der Waals surface area contributed by atoms with Gasteiger partial charge in [0.2, 0.25) is 5.91 Å². The van der Waals surface area contributed by atoms with Crippen LogP contribution in [0.3, 0.4) is 0 Å². The highest BCUT2D eigenvalue weighted by Gasteiger charge is 2.26. The first-order chi connectivity index (χ1) is 13.3. The van der Waals surface area contributed by atoms with Crippen molar-refractivity contribution < 1.29 is 4.79 Å². The third-order valence-electron chi connectivity index (χ3n) is 6.61. The maximum atomic E-state index is 13.0. The summed E-state index contributed by atoms with van der Waals surface area (Å²) in [6.45, 7) is 14.1. The van der Waals surface area contributed by atoms with Crippen LogP contribution in [0.15, 0.2) is 12.1 Å². The maximum Gasteiger partial charge on any atom is 0.225 e. The van der Waals surface area contributed by atoms with Gasteiger partial charge >= 0.3 is 0 Å². The molecule has 3 aromatic rings. The van der Waals surface area contributed by atoms with Gasteiger partial charge in [0.05, 0.1) is 11.7 Å². The number of carbonyl (C=O) groups is 1. The lowest BCUT2D eigenvalue weighted by molar-refractivity contribution is -0.132. The van der Waals surface area contributed by atoms with Gasteiger partial charge in [-0.05, 0) is 58.2 Å². The molecule has 3 heterocycles. The molecule has 2 aromatic heterocycles. The quantitative estimate of drug-likeness (QED) is 0.732. The molecular formula is C23H30N4O. The largest absolute Gasteiger partial charge is 0.358 e. The van der Waals surface area contributed by atoms with E-state index in [-0.39, 0.29) is 11.9 Å². The van der Waals surface area contributed by atoms with E-state index in [2.05, 4.69) is 56.8 Å². The van der Waals surface area contributed by atoms with E-state index < -0.39 is 0 Å². The summed E-state index contributed by atoms with van der Waals surface area (Å²) in [7, 11) is 0. The summed E-state index contributed by atoms with van der Waals surface area (Å²) in [5, 5.41) is 5.90. The molecule has 4 rings (SSSR count). The van der Waals surface area contributed by atoms with Crippen LogP contribution in [0.1, 0.15) is 58.7 Å². The van der Waals surface area contributed by atoms with Crippen LogP contribution in [0.25, 0.3) is 10.9 Å². The average Bonchev–Trinajstić information content (AvgIpc) is 3.17. The van der Waals surface area contributed by atoms with Gasteiger partial charge < -0.3 is 9.88 Å². The van der Waals surface area contributed by atoms with Crippen LogP contribution in [0.4, 0.5) is 0 Å². The zero-order valence-electron chi connectivity index (χ0n) is 17.8. The molecule has 0 bridgehead atoms. The second kappa shape index (κ2) is 6.80. The molecule has 0 radical (unpaired) electrons. The lowest BCUT2D eigenvalue weighted by Gasteiger charge is -2.28. The molecule has 0 aliphatic carbocycles. The van der Waals surface area contributed by atoms with Crippen molar-refractivity contribution >= 4 is 16.8 Å². The molecule has 0 fully saturated rings. The van der Waals surface area contributed by atoms with Crippen molar-refractivity contribution in [1.29, 1.82) is 0 Å². The van der Waals surface area contributed by atoms with Gasteiger partial charge in [-0.3, -0.25) is 9.48 Å². The van der Waals surface area contributed by atoms with Crippen LogP contribution < -0.4 is 0 Å². The fraction of sp³-hybridized carbons (Fsp3) is 0.478. The number of nitrogens with one attached hydrogen (secondary N) is 1. The first-order valence-electron chi connectivity index (χ1n) is 10.2. The predicted octanol–water partition coefficient (Wildman–Crippen LogP) is 4.44. The predicted molar refractivity (Wildman–Crippen MR) is 113 cm³/mol. The molecular weight excluding hydrogens is 348 g/mol. The molecule has 1 aliphatic rings. The first-order valence-corrected chi connectivity index (χ1v) is 10.2. The summed E-state index contributed by atoms with van der Waals surface area (Å²) in [6.07, 6.45) is 1.37. The molecule has 5 nitrogen and oxygen atoms in total. The Balaban J connectivity index is 1.54. The summed E-state index contributed by atoms with van der Waals surface area (Å²) in [5.74, 6) is 0.210. The van der Waals surface area contributed by atoms with Gasteiger partial charge in [0, 0.05) is 53.8 Å². The smallest absolute Gasteiger partial charge is 0.225 e. The zero-order valence-corrected chi connectivity index (χ0v) is 17.8. The highest BCUT2D eigenvalue weighted by atomic mass is 16.2. The van der Waals surface area contributed by atoms with Crippen LogP contribution >= 0.6 is 0 Å². The minimum absolute atomic E-state index is 0.0640. The van der Waals surface area contributed by atoms with Crippen molar-refractivity contribution in [3.8, 4) is 0 Å². The monoisotopic (exact) mass is 378 g/mol. The van der Waals surface area contributed by atoms with Crippen molar-refractivity contribution in [2.75, 3.05) is 6.54 Å². The Bertz CT molecular complexity index is 1070. The van der Waals surface area contributed by atoms with Crippen LogP contribution in [0, 0.1) is 34.6 Å². The van der Waals surface area contributed by atoms with E-state index in [1.165, 1.54) is 38.9 Å². The van der Waals surface area contributed by atoms with E-state index in [1.54, 1.807) is 0 Å². The Morgan fingerprint density at radius 1 is 1.18 bits per heavy atom. The molecule has 0 saturated heterocycles. The van der Waals surface area contributed by atoms with Crippen molar-refractivity contribution in [2.24, 2.45) is 0 Å². The Kier molecular flexibility index (Phi) is 4.56. The maximum absolute atomic E-state index is 13.0. The fourth-order valence-corrected chi connectivity index (χ4v) is 4.38. The third-order valence-corrected chi connectivity index (χ3v) is 6.61. The number of carbonyl (C=O) groups excluding carboxylic acids is 1. The molecule has 0 spiro atoms. The molecule has 28 heavy (non-hydrogen) atoms. The molecule has 1 N–H and O–H groups in total. The van der Waals surface area contributed by atoms with E-state index in [1.807, 2.05) is 16.5 Å². The summed E-state index contributed by atoms with van der Waals surface area (Å²) >= 11 is 0. The molecule has 1 aromatic carbocycles. The second-order valence-electron chi connectivity index (χ2n) is 8.37. The van der Waals surface area contributed by atoms with Crippen molar-refractivity contribution in [3.63, 3.8) is 0 Å². The molecule has 5 heteroatoms. The Labute approximate surface area is 166 Å². The standard InChI is InChI=1S/C23H30N4O/c1-13-7-8-19-20-12-26(10-9-21(20)24-23(19)15(13)3)22(28)11-14(2)27-18(6)16(4)17(5)25-27/h7-8,14,24H,9-12H2,1-6H3. The molecule has 0 saturated carbocycles. The molecule has 1 amide bonds. The Morgan fingerprint density at radius 3 is 2.61 bits per heavy atom. The fourth-order valence-electron chi connectivity index (χ4n) is 4.38. The number of H-pyrrole nitrogens is 1. The minimum atomic E-state index is 0.0640. The normalized spacial score (nSPS) is 15.1. The SMILES string of the molecule is Cc1ccc2c3c([nH]c2c1C)CCN(C(=O)CC(C)n1nc(C)c(C)c1C)C3. The third kappa shape index (κ3) is 2.93. The number of nitrogens with zero attached hydrogens (tertiary/aromatic N) is 3. The van der Waals surface area contributed by atoms with Crippen LogP contribution in [0.5, 0.6) is 0 Å². The topological polar surface area (TPSA) is 53.9 Å². The lowest BCUT2D eigenvalue weighted by atomic mass is 10.0. The van der Waals surface area contributed by atoms with Crippen LogP contribution in [-0.4, -0.2) is 32.1 Å². The van der Waals surface area contributed by atoms with Crippen molar-refractivity contribution in [3.05, 3.63) is 51.5 Å². The summed E-state index contributed by atoms with van der Waals surface area (Å²) < 4.78 is 2.01. The summed E-state index contributed by atoms with van der Waals surface area (Å²) in [5.41, 5.74) is 9.82. The van der Waals surface area contributed by atoms with Gasteiger partial charge in [-0.2, -0.15) is 5.10 Å². The summed E-state index contributed by atoms with van der Waals surface area (Å²) in [6, 6.07) is 4.44. The van der Waals surface area contributed by atoms with Crippen LogP contribution in [-0.2, 0) is 17.8 Å². The highest BCUT2D eigenvalue weighted by molar-refractivity contribution is 5.89. The van der Waals surface area contributed by atoms with Crippen molar-refractivity contribution in [1.82, 2.24) is 19.7 Å². The lowest BCUT2D eigenvalue weighted by Crippen LogP contribution is -2.36. The van der Waals surface area contributed by atoms with Gasteiger partial charge in [0.15, 0.2) is 0 Å². The number of rotatable bonds is 3. The van der Waals surface area contributed by atoms with Crippen LogP contribution in [0.2, 0.25) is 0 Å². The average molecular weight is 379 g/mol. The number of fused-ring (bicyclic) bond motifs is 3. The number of aromatic nitrogens is 3.